The molecule has 26 heavy (non-hydrogen) atoms. The Morgan fingerprint density at radius 2 is 1.85 bits per heavy atom. The lowest BCUT2D eigenvalue weighted by Gasteiger charge is -2.31. The first-order chi connectivity index (χ1) is 12.8. The van der Waals surface area contributed by atoms with E-state index >= 15 is 0 Å². The van der Waals surface area contributed by atoms with E-state index in [0.717, 1.165) is 19.6 Å². The number of H-pyrrole nitrogens is 1. The molecule has 1 aliphatic rings. The molecule has 0 amide bonds. The molecule has 1 N–H and O–H groups in total. The van der Waals surface area contributed by atoms with Gasteiger partial charge in [-0.3, -0.25) is 4.90 Å². The largest absolute Gasteiger partial charge is 0.491 e. The second-order valence-electron chi connectivity index (χ2n) is 6.86. The average Bonchev–Trinajstić information content (AvgIpc) is 3.13. The summed E-state index contributed by atoms with van der Waals surface area (Å²) in [6, 6.07) is 18.2. The number of likely N-dealkylation sites (tertiary alicyclic amines) is 1. The zero-order chi connectivity index (χ0) is 17.8. The van der Waals surface area contributed by atoms with Crippen LogP contribution in [0.4, 0.5) is 0 Å². The fraction of sp³-hybridized carbons (Fsp3) is 0.318. The van der Waals surface area contributed by atoms with Gasteiger partial charge in [0, 0.05) is 23.6 Å². The van der Waals surface area contributed by atoms with Crippen molar-refractivity contribution < 1.29 is 4.74 Å². The van der Waals surface area contributed by atoms with Crippen LogP contribution in [0.15, 0.2) is 54.7 Å². The van der Waals surface area contributed by atoms with Crippen LogP contribution in [0.3, 0.4) is 0 Å². The number of benzene rings is 2. The lowest BCUT2D eigenvalue weighted by atomic mass is 9.89. The summed E-state index contributed by atoms with van der Waals surface area (Å²) in [5.74, 6) is 1.31. The summed E-state index contributed by atoms with van der Waals surface area (Å²) < 4.78 is 5.82. The summed E-state index contributed by atoms with van der Waals surface area (Å²) in [6.07, 6.45) is 4.54. The topological polar surface area (TPSA) is 52.0 Å². The Balaban J connectivity index is 1.29. The molecule has 1 aromatic heterocycles. The normalized spacial score (nSPS) is 15.8. The van der Waals surface area contributed by atoms with Crippen molar-refractivity contribution in [2.24, 2.45) is 0 Å². The van der Waals surface area contributed by atoms with Crippen molar-refractivity contribution in [1.82, 2.24) is 9.88 Å². The molecule has 0 atom stereocenters. The Morgan fingerprint density at radius 1 is 1.08 bits per heavy atom. The highest BCUT2D eigenvalue weighted by Crippen LogP contribution is 2.33. The number of nitriles is 1. The molecule has 4 heteroatoms. The first-order valence-electron chi connectivity index (χ1n) is 9.25. The summed E-state index contributed by atoms with van der Waals surface area (Å²) >= 11 is 0. The molecule has 0 radical (unpaired) electrons. The predicted molar refractivity (Wildman–Crippen MR) is 103 cm³/mol. The van der Waals surface area contributed by atoms with Gasteiger partial charge in [-0.25, -0.2) is 0 Å². The minimum atomic E-state index is 0.602. The first kappa shape index (κ1) is 16.7. The fourth-order valence-electron chi connectivity index (χ4n) is 3.87. The van der Waals surface area contributed by atoms with E-state index in [1.807, 2.05) is 18.2 Å². The minimum absolute atomic E-state index is 0.602. The second kappa shape index (κ2) is 7.63. The Bertz CT molecular complexity index is 916. The number of piperidine rings is 1. The monoisotopic (exact) mass is 345 g/mol. The number of rotatable bonds is 5. The molecule has 1 aliphatic heterocycles. The summed E-state index contributed by atoms with van der Waals surface area (Å²) in [5.41, 5.74) is 3.29. The summed E-state index contributed by atoms with van der Waals surface area (Å²) in [6.45, 7) is 3.71. The molecule has 132 valence electrons. The van der Waals surface area contributed by atoms with E-state index in [9.17, 15) is 0 Å². The van der Waals surface area contributed by atoms with Crippen LogP contribution in [0.5, 0.6) is 5.75 Å². The van der Waals surface area contributed by atoms with Crippen LogP contribution < -0.4 is 4.74 Å². The number of hydrogen-bond acceptors (Lipinski definition) is 3. The summed E-state index contributed by atoms with van der Waals surface area (Å²) in [5, 5.41) is 10.5. The van der Waals surface area contributed by atoms with Gasteiger partial charge in [0.25, 0.3) is 0 Å². The number of aromatic amines is 1. The number of nitrogens with zero attached hydrogens (tertiary/aromatic N) is 2. The fourth-order valence-corrected chi connectivity index (χ4v) is 3.87. The van der Waals surface area contributed by atoms with E-state index in [1.165, 1.54) is 29.3 Å². The zero-order valence-corrected chi connectivity index (χ0v) is 14.8. The van der Waals surface area contributed by atoms with Crippen LogP contribution in [0, 0.1) is 11.3 Å². The molecular formula is C22H23N3O. The van der Waals surface area contributed by atoms with Crippen molar-refractivity contribution in [2.75, 3.05) is 26.2 Å². The molecule has 0 bridgehead atoms. The van der Waals surface area contributed by atoms with Crippen LogP contribution in [0.1, 0.15) is 29.9 Å². The SMILES string of the molecule is N#Cc1ccccc1OCCN1CCC(c2c[nH]c3ccccc23)CC1. The number of ether oxygens (including phenoxy) is 1. The molecule has 0 saturated carbocycles. The van der Waals surface area contributed by atoms with E-state index in [2.05, 4.69) is 46.4 Å². The quantitative estimate of drug-likeness (QED) is 0.750. The third kappa shape index (κ3) is 3.44. The highest BCUT2D eigenvalue weighted by atomic mass is 16.5. The second-order valence-corrected chi connectivity index (χ2v) is 6.86. The summed E-state index contributed by atoms with van der Waals surface area (Å²) in [4.78, 5) is 5.86. The highest BCUT2D eigenvalue weighted by molar-refractivity contribution is 5.83. The van der Waals surface area contributed by atoms with Gasteiger partial charge >= 0.3 is 0 Å². The predicted octanol–water partition coefficient (Wildman–Crippen LogP) is 4.30. The first-order valence-corrected chi connectivity index (χ1v) is 9.25. The standard InChI is InChI=1S/C22H23N3O/c23-15-18-5-1-4-8-22(18)26-14-13-25-11-9-17(10-12-25)20-16-24-21-7-3-2-6-19(20)21/h1-8,16-17,24H,9-14H2. The van der Waals surface area contributed by atoms with Crippen molar-refractivity contribution in [3.05, 3.63) is 65.9 Å². The third-order valence-corrected chi connectivity index (χ3v) is 5.32. The zero-order valence-electron chi connectivity index (χ0n) is 14.8. The smallest absolute Gasteiger partial charge is 0.137 e. The molecule has 0 spiro atoms. The lowest BCUT2D eigenvalue weighted by Crippen LogP contribution is -2.35. The average molecular weight is 345 g/mol. The minimum Gasteiger partial charge on any atom is -0.491 e. The van der Waals surface area contributed by atoms with E-state index in [4.69, 9.17) is 10.00 Å². The summed E-state index contributed by atoms with van der Waals surface area (Å²) in [7, 11) is 0. The Hall–Kier alpha value is -2.77. The molecule has 4 rings (SSSR count). The van der Waals surface area contributed by atoms with Gasteiger partial charge in [0.2, 0.25) is 0 Å². The van der Waals surface area contributed by atoms with Crippen LogP contribution in [-0.2, 0) is 0 Å². The number of fused-ring (bicyclic) bond motifs is 1. The molecule has 4 nitrogen and oxygen atoms in total. The maximum Gasteiger partial charge on any atom is 0.137 e. The van der Waals surface area contributed by atoms with Crippen LogP contribution >= 0.6 is 0 Å². The molecule has 3 aromatic rings. The van der Waals surface area contributed by atoms with Gasteiger partial charge in [0.15, 0.2) is 0 Å². The maximum atomic E-state index is 9.12. The molecule has 2 aromatic carbocycles. The lowest BCUT2D eigenvalue weighted by molar-refractivity contribution is 0.173. The maximum absolute atomic E-state index is 9.12. The van der Waals surface area contributed by atoms with Gasteiger partial charge in [-0.05, 0) is 55.6 Å². The van der Waals surface area contributed by atoms with Gasteiger partial charge in [-0.15, -0.1) is 0 Å². The van der Waals surface area contributed by atoms with Crippen molar-refractivity contribution in [3.8, 4) is 11.8 Å². The van der Waals surface area contributed by atoms with Gasteiger partial charge in [-0.1, -0.05) is 30.3 Å². The Morgan fingerprint density at radius 3 is 2.69 bits per heavy atom. The number of aromatic nitrogens is 1. The molecule has 0 unspecified atom stereocenters. The van der Waals surface area contributed by atoms with Crippen molar-refractivity contribution in [2.45, 2.75) is 18.8 Å². The molecule has 0 aliphatic carbocycles. The van der Waals surface area contributed by atoms with E-state index in [1.54, 1.807) is 6.07 Å². The van der Waals surface area contributed by atoms with Gasteiger partial charge in [0.05, 0.1) is 5.56 Å². The Labute approximate surface area is 154 Å². The molecule has 1 fully saturated rings. The van der Waals surface area contributed by atoms with Crippen molar-refractivity contribution in [1.29, 1.82) is 5.26 Å². The molecule has 2 heterocycles. The third-order valence-electron chi connectivity index (χ3n) is 5.32. The molecular weight excluding hydrogens is 322 g/mol. The number of hydrogen-bond donors (Lipinski definition) is 1. The van der Waals surface area contributed by atoms with Gasteiger partial charge in [-0.2, -0.15) is 5.26 Å². The van der Waals surface area contributed by atoms with Crippen LogP contribution in [0.25, 0.3) is 10.9 Å². The van der Waals surface area contributed by atoms with E-state index in [-0.39, 0.29) is 0 Å². The number of para-hydroxylation sites is 2. The Kier molecular flexibility index (Phi) is 4.90. The van der Waals surface area contributed by atoms with Gasteiger partial charge < -0.3 is 9.72 Å². The van der Waals surface area contributed by atoms with E-state index < -0.39 is 0 Å². The van der Waals surface area contributed by atoms with E-state index in [0.29, 0.717) is 23.8 Å². The van der Waals surface area contributed by atoms with Crippen LogP contribution in [-0.4, -0.2) is 36.1 Å². The molecule has 1 saturated heterocycles. The van der Waals surface area contributed by atoms with Gasteiger partial charge in [0.1, 0.15) is 18.4 Å². The van der Waals surface area contributed by atoms with Crippen molar-refractivity contribution >= 4 is 10.9 Å². The number of nitrogens with one attached hydrogen (secondary N) is 1. The van der Waals surface area contributed by atoms with Crippen molar-refractivity contribution in [3.63, 3.8) is 0 Å². The van der Waals surface area contributed by atoms with Crippen LogP contribution in [0.2, 0.25) is 0 Å². The highest BCUT2D eigenvalue weighted by Gasteiger charge is 2.22.